The summed E-state index contributed by atoms with van der Waals surface area (Å²) < 4.78 is 23.6. The first-order chi connectivity index (χ1) is 11.7. The van der Waals surface area contributed by atoms with Gasteiger partial charge in [0.2, 0.25) is 0 Å². The zero-order chi connectivity index (χ0) is 18.7. The van der Waals surface area contributed by atoms with Crippen LogP contribution >= 0.6 is 47.3 Å². The third kappa shape index (κ3) is 5.65. The van der Waals surface area contributed by atoms with E-state index in [4.69, 9.17) is 11.6 Å². The molecule has 1 N–H and O–H groups in total. The van der Waals surface area contributed by atoms with Crippen molar-refractivity contribution in [1.29, 1.82) is 0 Å². The lowest BCUT2D eigenvalue weighted by atomic mass is 10.1. The van der Waals surface area contributed by atoms with Crippen LogP contribution in [0.25, 0.3) is 0 Å². The summed E-state index contributed by atoms with van der Waals surface area (Å²) in [6.45, 7) is 5.15. The van der Waals surface area contributed by atoms with E-state index in [0.29, 0.717) is 19.6 Å². The van der Waals surface area contributed by atoms with Gasteiger partial charge in [-0.15, -0.1) is 24.0 Å². The molecule has 1 unspecified atom stereocenters. The second-order valence-electron chi connectivity index (χ2n) is 6.71. The van der Waals surface area contributed by atoms with Gasteiger partial charge in [0.1, 0.15) is 0 Å². The number of nitrogens with one attached hydrogen (secondary N) is 1. The van der Waals surface area contributed by atoms with E-state index in [1.165, 1.54) is 0 Å². The number of rotatable bonds is 4. The molecule has 0 radical (unpaired) electrons. The van der Waals surface area contributed by atoms with Gasteiger partial charge in [-0.05, 0) is 37.8 Å². The van der Waals surface area contributed by atoms with Gasteiger partial charge in [0.25, 0.3) is 0 Å². The Bertz CT molecular complexity index is 741. The number of thioether (sulfide) groups is 1. The van der Waals surface area contributed by atoms with Crippen molar-refractivity contribution >= 4 is 63.1 Å². The third-order valence-corrected chi connectivity index (χ3v) is 8.28. The van der Waals surface area contributed by atoms with E-state index in [1.807, 2.05) is 23.1 Å². The van der Waals surface area contributed by atoms with Gasteiger partial charge in [-0.1, -0.05) is 23.7 Å². The molecule has 26 heavy (non-hydrogen) atoms. The van der Waals surface area contributed by atoms with Gasteiger partial charge in [0.15, 0.2) is 15.8 Å². The fraction of sp³-hybridized carbons (Fsp3) is 0.588. The molecule has 0 saturated carbocycles. The number of benzene rings is 1. The molecule has 1 aromatic rings. The molecular weight excluding hydrogens is 505 g/mol. The number of sulfone groups is 1. The standard InChI is InChI=1S/C17H26ClN3O2S2.HI/c1-17(2)12-21(8-9-25(17,22)23)16(19-3)20-11-15(24-4)13-6-5-7-14(18)10-13;/h5-7,10,15H,8-9,11-12H2,1-4H3,(H,19,20);1H. The minimum Gasteiger partial charge on any atom is -0.355 e. The lowest BCUT2D eigenvalue weighted by Crippen LogP contribution is -2.57. The average molecular weight is 532 g/mol. The molecule has 1 atom stereocenters. The average Bonchev–Trinajstić information content (AvgIpc) is 2.54. The van der Waals surface area contributed by atoms with Crippen LogP contribution in [0.1, 0.15) is 24.7 Å². The SMILES string of the molecule is CN=C(NCC(SC)c1cccc(Cl)c1)N1CCS(=O)(=O)C(C)(C)C1.I. The first kappa shape index (κ1) is 23.8. The van der Waals surface area contributed by atoms with Crippen LogP contribution < -0.4 is 5.32 Å². The van der Waals surface area contributed by atoms with Crippen molar-refractivity contribution in [2.45, 2.75) is 23.8 Å². The van der Waals surface area contributed by atoms with E-state index in [1.54, 1.807) is 32.7 Å². The van der Waals surface area contributed by atoms with Crippen LogP contribution in [-0.2, 0) is 9.84 Å². The van der Waals surface area contributed by atoms with Gasteiger partial charge in [0.05, 0.1) is 10.5 Å². The van der Waals surface area contributed by atoms with E-state index >= 15 is 0 Å². The summed E-state index contributed by atoms with van der Waals surface area (Å²) in [6.07, 6.45) is 2.06. The fourth-order valence-corrected chi connectivity index (χ4v) is 5.12. The highest BCUT2D eigenvalue weighted by Crippen LogP contribution is 2.28. The maximum Gasteiger partial charge on any atom is 0.193 e. The molecule has 1 aromatic carbocycles. The minimum absolute atomic E-state index is 0. The van der Waals surface area contributed by atoms with Crippen LogP contribution in [0, 0.1) is 0 Å². The summed E-state index contributed by atoms with van der Waals surface area (Å²) in [5.41, 5.74) is 1.16. The Hall–Kier alpha value is -0.190. The molecular formula is C17H27ClIN3O2S2. The fourth-order valence-electron chi connectivity index (χ4n) is 2.88. The zero-order valence-corrected chi connectivity index (χ0v) is 20.2. The summed E-state index contributed by atoms with van der Waals surface area (Å²) in [6, 6.07) is 7.86. The van der Waals surface area contributed by atoms with Crippen molar-refractivity contribution in [2.24, 2.45) is 4.99 Å². The Morgan fingerprint density at radius 2 is 2.15 bits per heavy atom. The predicted molar refractivity (Wildman–Crippen MR) is 124 cm³/mol. The molecule has 0 amide bonds. The van der Waals surface area contributed by atoms with E-state index in [-0.39, 0.29) is 35.0 Å². The smallest absolute Gasteiger partial charge is 0.193 e. The van der Waals surface area contributed by atoms with Crippen molar-refractivity contribution in [3.63, 3.8) is 0 Å². The third-order valence-electron chi connectivity index (χ3n) is 4.51. The molecule has 1 saturated heterocycles. The number of hydrogen-bond acceptors (Lipinski definition) is 4. The highest BCUT2D eigenvalue weighted by atomic mass is 127. The molecule has 0 spiro atoms. The number of nitrogens with zero attached hydrogens (tertiary/aromatic N) is 2. The van der Waals surface area contributed by atoms with Crippen LogP contribution in [0.15, 0.2) is 29.3 Å². The summed E-state index contributed by atoms with van der Waals surface area (Å²) in [5.74, 6) is 0.894. The van der Waals surface area contributed by atoms with Crippen molar-refractivity contribution in [2.75, 3.05) is 38.7 Å². The maximum absolute atomic E-state index is 12.2. The maximum atomic E-state index is 12.2. The highest BCUT2D eigenvalue weighted by molar-refractivity contribution is 14.0. The van der Waals surface area contributed by atoms with Crippen molar-refractivity contribution in [3.05, 3.63) is 34.9 Å². The second-order valence-corrected chi connectivity index (χ2v) is 10.9. The summed E-state index contributed by atoms with van der Waals surface area (Å²) in [7, 11) is -1.33. The molecule has 1 aliphatic rings. The predicted octanol–water partition coefficient (Wildman–Crippen LogP) is 3.45. The molecule has 1 aliphatic heterocycles. The number of guanidine groups is 1. The Kier molecular flexibility index (Phi) is 9.02. The van der Waals surface area contributed by atoms with Crippen molar-refractivity contribution < 1.29 is 8.42 Å². The van der Waals surface area contributed by atoms with E-state index in [9.17, 15) is 8.42 Å². The molecule has 148 valence electrons. The molecule has 0 aliphatic carbocycles. The van der Waals surface area contributed by atoms with E-state index in [0.717, 1.165) is 16.5 Å². The van der Waals surface area contributed by atoms with Gasteiger partial charge >= 0.3 is 0 Å². The first-order valence-electron chi connectivity index (χ1n) is 8.16. The second kappa shape index (κ2) is 9.84. The molecule has 1 heterocycles. The first-order valence-corrected chi connectivity index (χ1v) is 11.5. The summed E-state index contributed by atoms with van der Waals surface area (Å²) in [4.78, 5) is 6.37. The van der Waals surface area contributed by atoms with Crippen LogP contribution in [0.4, 0.5) is 0 Å². The van der Waals surface area contributed by atoms with E-state index in [2.05, 4.69) is 22.6 Å². The molecule has 0 aromatic heterocycles. The van der Waals surface area contributed by atoms with Crippen molar-refractivity contribution in [1.82, 2.24) is 10.2 Å². The molecule has 2 rings (SSSR count). The summed E-state index contributed by atoms with van der Waals surface area (Å²) in [5, 5.41) is 4.35. The lowest BCUT2D eigenvalue weighted by Gasteiger charge is -2.39. The van der Waals surface area contributed by atoms with Gasteiger partial charge in [-0.2, -0.15) is 11.8 Å². The highest BCUT2D eigenvalue weighted by Gasteiger charge is 2.41. The van der Waals surface area contributed by atoms with Crippen molar-refractivity contribution in [3.8, 4) is 0 Å². The van der Waals surface area contributed by atoms with E-state index < -0.39 is 14.6 Å². The Morgan fingerprint density at radius 3 is 2.69 bits per heavy atom. The largest absolute Gasteiger partial charge is 0.355 e. The molecule has 0 bridgehead atoms. The lowest BCUT2D eigenvalue weighted by molar-refractivity contribution is 0.353. The van der Waals surface area contributed by atoms with Crippen LogP contribution in [0.2, 0.25) is 5.02 Å². The zero-order valence-electron chi connectivity index (χ0n) is 15.5. The minimum atomic E-state index is -3.06. The Morgan fingerprint density at radius 1 is 1.46 bits per heavy atom. The summed E-state index contributed by atoms with van der Waals surface area (Å²) >= 11 is 7.84. The topological polar surface area (TPSA) is 61.8 Å². The normalized spacial score (nSPS) is 20.2. The molecule has 1 fully saturated rings. The van der Waals surface area contributed by atoms with Gasteiger partial charge < -0.3 is 10.2 Å². The van der Waals surface area contributed by atoms with Gasteiger partial charge in [-0.25, -0.2) is 8.42 Å². The monoisotopic (exact) mass is 531 g/mol. The molecule has 5 nitrogen and oxygen atoms in total. The molecule has 9 heteroatoms. The van der Waals surface area contributed by atoms with Gasteiger partial charge in [-0.3, -0.25) is 4.99 Å². The van der Waals surface area contributed by atoms with Crippen LogP contribution in [0.3, 0.4) is 0 Å². The van der Waals surface area contributed by atoms with Crippen LogP contribution in [-0.4, -0.2) is 62.7 Å². The van der Waals surface area contributed by atoms with Gasteiger partial charge in [0, 0.05) is 37.0 Å². The Balaban J connectivity index is 0.00000338. The van der Waals surface area contributed by atoms with Crippen LogP contribution in [0.5, 0.6) is 0 Å². The Labute approximate surface area is 183 Å². The number of halogens is 2. The number of hydrogen-bond donors (Lipinski definition) is 1. The quantitative estimate of drug-likeness (QED) is 0.366. The number of aliphatic imine (C=N–C) groups is 1.